The summed E-state index contributed by atoms with van der Waals surface area (Å²) >= 11 is 0. The molecule has 1 atom stereocenters. The molecule has 2 N–H and O–H groups in total. The van der Waals surface area contributed by atoms with Crippen LogP contribution in [0.2, 0.25) is 0 Å². The highest BCUT2D eigenvalue weighted by atomic mass is 16.5. The van der Waals surface area contributed by atoms with Crippen molar-refractivity contribution in [2.45, 2.75) is 6.10 Å². The molecule has 1 aromatic carbocycles. The van der Waals surface area contributed by atoms with E-state index >= 15 is 0 Å². The summed E-state index contributed by atoms with van der Waals surface area (Å²) in [6.45, 7) is 0.358. The van der Waals surface area contributed by atoms with Crippen LogP contribution >= 0.6 is 0 Å². The lowest BCUT2D eigenvalue weighted by atomic mass is 10.1. The van der Waals surface area contributed by atoms with Gasteiger partial charge in [-0.25, -0.2) is 19.4 Å². The van der Waals surface area contributed by atoms with Crippen LogP contribution in [0.5, 0.6) is 0 Å². The van der Waals surface area contributed by atoms with Gasteiger partial charge in [-0.15, -0.1) is 0 Å². The van der Waals surface area contributed by atoms with E-state index in [1.165, 1.54) is 11.0 Å². The fraction of sp³-hybridized carbons (Fsp3) is 0.176. The average Bonchev–Trinajstić information content (AvgIpc) is 3.18. The van der Waals surface area contributed by atoms with E-state index < -0.39 is 0 Å². The number of methoxy groups -OCH3 is 1. The van der Waals surface area contributed by atoms with Gasteiger partial charge in [0.15, 0.2) is 5.82 Å². The fourth-order valence-corrected chi connectivity index (χ4v) is 2.29. The Morgan fingerprint density at radius 1 is 1.24 bits per heavy atom. The van der Waals surface area contributed by atoms with Crippen LogP contribution in [0.15, 0.2) is 61.3 Å². The Kier molecular flexibility index (Phi) is 5.32. The third kappa shape index (κ3) is 4.39. The highest BCUT2D eigenvalue weighted by Gasteiger charge is 2.11. The van der Waals surface area contributed by atoms with E-state index in [1.807, 2.05) is 30.3 Å². The zero-order valence-electron chi connectivity index (χ0n) is 13.7. The lowest BCUT2D eigenvalue weighted by molar-refractivity contribution is 0.104. The number of nitrogens with zero attached hydrogens (tertiary/aromatic N) is 4. The molecule has 2 aromatic heterocycles. The van der Waals surface area contributed by atoms with Crippen molar-refractivity contribution in [2.24, 2.45) is 0 Å². The SMILES string of the molecule is CO[C@H](CNC(=O)Nc1ccc(-n2cncn2)nc1)c1ccccc1. The van der Waals surface area contributed by atoms with Crippen molar-refractivity contribution in [3.63, 3.8) is 0 Å². The monoisotopic (exact) mass is 338 g/mol. The normalized spacial score (nSPS) is 11.7. The van der Waals surface area contributed by atoms with Crippen molar-refractivity contribution >= 4 is 11.7 Å². The van der Waals surface area contributed by atoms with E-state index in [4.69, 9.17) is 4.74 Å². The lowest BCUT2D eigenvalue weighted by Crippen LogP contribution is -2.33. The molecule has 0 unspecified atom stereocenters. The molecule has 0 spiro atoms. The molecule has 0 fully saturated rings. The number of pyridine rings is 1. The molecule has 0 aliphatic carbocycles. The third-order valence-electron chi connectivity index (χ3n) is 3.56. The van der Waals surface area contributed by atoms with Gasteiger partial charge < -0.3 is 15.4 Å². The van der Waals surface area contributed by atoms with Crippen molar-refractivity contribution in [1.29, 1.82) is 0 Å². The standard InChI is InChI=1S/C17H18N6O2/c1-25-15(13-5-3-2-4-6-13)10-20-17(24)22-14-7-8-16(19-9-14)23-12-18-11-21-23/h2-9,11-12,15H,10H2,1H3,(H2,20,22,24)/t15-/m1/s1. The maximum absolute atomic E-state index is 12.0. The molecular weight excluding hydrogens is 320 g/mol. The number of hydrogen-bond acceptors (Lipinski definition) is 5. The first-order valence-corrected chi connectivity index (χ1v) is 7.70. The van der Waals surface area contributed by atoms with E-state index in [9.17, 15) is 4.79 Å². The Hall–Kier alpha value is -3.26. The van der Waals surface area contributed by atoms with Crippen molar-refractivity contribution < 1.29 is 9.53 Å². The first-order valence-electron chi connectivity index (χ1n) is 7.70. The Bertz CT molecular complexity index is 790. The van der Waals surface area contributed by atoms with Crippen LogP contribution in [0.25, 0.3) is 5.82 Å². The van der Waals surface area contributed by atoms with Gasteiger partial charge in [-0.1, -0.05) is 30.3 Å². The number of urea groups is 1. The van der Waals surface area contributed by atoms with E-state index in [1.54, 1.807) is 31.8 Å². The van der Waals surface area contributed by atoms with Crippen molar-refractivity contribution in [3.05, 3.63) is 66.9 Å². The van der Waals surface area contributed by atoms with E-state index in [0.717, 1.165) is 5.56 Å². The van der Waals surface area contributed by atoms with E-state index in [0.29, 0.717) is 18.1 Å². The zero-order valence-corrected chi connectivity index (χ0v) is 13.7. The number of hydrogen-bond donors (Lipinski definition) is 2. The van der Waals surface area contributed by atoms with Crippen molar-refractivity contribution in [1.82, 2.24) is 25.1 Å². The molecular formula is C17H18N6O2. The number of carbonyl (C=O) groups is 1. The molecule has 128 valence electrons. The van der Waals surface area contributed by atoms with Crippen LogP contribution in [-0.4, -0.2) is 39.4 Å². The fourth-order valence-electron chi connectivity index (χ4n) is 2.29. The quantitative estimate of drug-likeness (QED) is 0.718. The van der Waals surface area contributed by atoms with Crippen LogP contribution < -0.4 is 10.6 Å². The van der Waals surface area contributed by atoms with Crippen LogP contribution in [0, 0.1) is 0 Å². The third-order valence-corrected chi connectivity index (χ3v) is 3.56. The molecule has 3 rings (SSSR count). The molecule has 8 heteroatoms. The number of anilines is 1. The molecule has 0 aliphatic heterocycles. The number of ether oxygens (including phenoxy) is 1. The molecule has 25 heavy (non-hydrogen) atoms. The summed E-state index contributed by atoms with van der Waals surface area (Å²) in [7, 11) is 1.62. The number of amides is 2. The van der Waals surface area contributed by atoms with Gasteiger partial charge in [0.25, 0.3) is 0 Å². The Morgan fingerprint density at radius 2 is 2.08 bits per heavy atom. The van der Waals surface area contributed by atoms with Crippen LogP contribution in [-0.2, 0) is 4.74 Å². The first-order chi connectivity index (χ1) is 12.3. The van der Waals surface area contributed by atoms with Gasteiger partial charge in [0.1, 0.15) is 12.7 Å². The van der Waals surface area contributed by atoms with Gasteiger partial charge in [-0.2, -0.15) is 5.10 Å². The molecule has 0 radical (unpaired) electrons. The molecule has 0 aliphatic rings. The highest BCUT2D eigenvalue weighted by Crippen LogP contribution is 2.15. The van der Waals surface area contributed by atoms with Crippen LogP contribution in [0.1, 0.15) is 11.7 Å². The summed E-state index contributed by atoms with van der Waals surface area (Å²) in [6, 6.07) is 12.9. The van der Waals surface area contributed by atoms with Gasteiger partial charge in [-0.3, -0.25) is 0 Å². The van der Waals surface area contributed by atoms with E-state index in [-0.39, 0.29) is 12.1 Å². The number of nitrogens with one attached hydrogen (secondary N) is 2. The zero-order chi connectivity index (χ0) is 17.5. The maximum Gasteiger partial charge on any atom is 0.319 e. The highest BCUT2D eigenvalue weighted by molar-refractivity contribution is 5.89. The Morgan fingerprint density at radius 3 is 2.72 bits per heavy atom. The summed E-state index contributed by atoms with van der Waals surface area (Å²) in [4.78, 5) is 20.1. The predicted molar refractivity (Wildman–Crippen MR) is 92.4 cm³/mol. The molecule has 2 amide bonds. The first kappa shape index (κ1) is 16.6. The molecule has 8 nitrogen and oxygen atoms in total. The molecule has 0 saturated heterocycles. The molecule has 0 bridgehead atoms. The summed E-state index contributed by atoms with van der Waals surface area (Å²) < 4.78 is 6.96. The van der Waals surface area contributed by atoms with E-state index in [2.05, 4.69) is 25.7 Å². The predicted octanol–water partition coefficient (Wildman–Crippen LogP) is 2.17. The number of carbonyl (C=O) groups excluding carboxylic acids is 1. The number of rotatable bonds is 6. The van der Waals surface area contributed by atoms with Gasteiger partial charge in [-0.05, 0) is 17.7 Å². The number of aromatic nitrogens is 4. The molecule has 0 saturated carbocycles. The second-order valence-electron chi connectivity index (χ2n) is 5.22. The minimum Gasteiger partial charge on any atom is -0.375 e. The summed E-state index contributed by atoms with van der Waals surface area (Å²) in [5, 5.41) is 9.52. The Labute approximate surface area is 144 Å². The van der Waals surface area contributed by atoms with Gasteiger partial charge in [0, 0.05) is 13.7 Å². The van der Waals surface area contributed by atoms with Crippen molar-refractivity contribution in [3.8, 4) is 5.82 Å². The Balaban J connectivity index is 1.54. The van der Waals surface area contributed by atoms with Gasteiger partial charge >= 0.3 is 6.03 Å². The topological polar surface area (TPSA) is 94.0 Å². The summed E-state index contributed by atoms with van der Waals surface area (Å²) in [5.74, 6) is 0.618. The smallest absolute Gasteiger partial charge is 0.319 e. The molecule has 2 heterocycles. The van der Waals surface area contributed by atoms with Crippen molar-refractivity contribution in [2.75, 3.05) is 19.0 Å². The van der Waals surface area contributed by atoms with Crippen LogP contribution in [0.4, 0.5) is 10.5 Å². The lowest BCUT2D eigenvalue weighted by Gasteiger charge is -2.16. The van der Waals surface area contributed by atoms with Gasteiger partial charge in [0.2, 0.25) is 0 Å². The average molecular weight is 338 g/mol. The summed E-state index contributed by atoms with van der Waals surface area (Å²) in [5.41, 5.74) is 1.58. The second-order valence-corrected chi connectivity index (χ2v) is 5.22. The largest absolute Gasteiger partial charge is 0.375 e. The summed E-state index contributed by atoms with van der Waals surface area (Å²) in [6.07, 6.45) is 4.33. The minimum absolute atomic E-state index is 0.209. The van der Waals surface area contributed by atoms with Crippen LogP contribution in [0.3, 0.4) is 0 Å². The minimum atomic E-state index is -0.326. The second kappa shape index (κ2) is 8.02. The maximum atomic E-state index is 12.0. The number of benzene rings is 1. The molecule has 3 aromatic rings. The van der Waals surface area contributed by atoms with Gasteiger partial charge in [0.05, 0.1) is 18.0 Å².